The summed E-state index contributed by atoms with van der Waals surface area (Å²) in [7, 11) is 1.77. The molecular formula is C10H10N2O2. The molecule has 0 fully saturated rings. The predicted octanol–water partition coefficient (Wildman–Crippen LogP) is 0.351. The Balaban J connectivity index is 2.97. The molecule has 0 aliphatic carbocycles. The second-order valence-electron chi connectivity index (χ2n) is 2.54. The second-order valence-corrected chi connectivity index (χ2v) is 2.54. The van der Waals surface area contributed by atoms with Gasteiger partial charge in [0.25, 0.3) is 0 Å². The van der Waals surface area contributed by atoms with Gasteiger partial charge in [-0.05, 0) is 25.1 Å². The molecule has 0 bridgehead atoms. The Labute approximate surface area is 82.0 Å². The van der Waals surface area contributed by atoms with Crippen LogP contribution in [0.1, 0.15) is 16.1 Å². The summed E-state index contributed by atoms with van der Waals surface area (Å²) in [5.41, 5.74) is 0.436. The van der Waals surface area contributed by atoms with E-state index in [1.54, 1.807) is 13.1 Å². The Kier molecular flexibility index (Phi) is 3.65. The number of aromatic carboxylic acids is 1. The first-order valence-electron chi connectivity index (χ1n) is 4.07. The zero-order valence-electron chi connectivity index (χ0n) is 7.74. The largest absolute Gasteiger partial charge is 0.478 e. The van der Waals surface area contributed by atoms with Gasteiger partial charge >= 0.3 is 5.97 Å². The standard InChI is InChI=1S/C10H10N2O2/c1-11-6-3-5-9-8(10(13)14)4-2-7-12-9/h2,4,7,11H,6H2,1H3,(H,13,14). The maximum atomic E-state index is 10.7. The van der Waals surface area contributed by atoms with Gasteiger partial charge in [-0.15, -0.1) is 0 Å². The first-order valence-corrected chi connectivity index (χ1v) is 4.07. The van der Waals surface area contributed by atoms with Gasteiger partial charge in [-0.3, -0.25) is 0 Å². The van der Waals surface area contributed by atoms with E-state index in [1.165, 1.54) is 12.3 Å². The Morgan fingerprint density at radius 3 is 3.14 bits per heavy atom. The zero-order chi connectivity index (χ0) is 10.4. The van der Waals surface area contributed by atoms with Gasteiger partial charge < -0.3 is 10.4 Å². The second kappa shape index (κ2) is 5.00. The molecule has 0 saturated carbocycles. The van der Waals surface area contributed by atoms with E-state index in [-0.39, 0.29) is 5.56 Å². The van der Waals surface area contributed by atoms with Gasteiger partial charge in [-0.25, -0.2) is 9.78 Å². The van der Waals surface area contributed by atoms with E-state index in [4.69, 9.17) is 5.11 Å². The van der Waals surface area contributed by atoms with Crippen molar-refractivity contribution in [1.29, 1.82) is 0 Å². The van der Waals surface area contributed by atoms with E-state index in [9.17, 15) is 4.79 Å². The maximum Gasteiger partial charge on any atom is 0.338 e. The smallest absolute Gasteiger partial charge is 0.338 e. The van der Waals surface area contributed by atoms with Crippen LogP contribution in [0.5, 0.6) is 0 Å². The monoisotopic (exact) mass is 190 g/mol. The number of hydrogen-bond donors (Lipinski definition) is 2. The summed E-state index contributed by atoms with van der Waals surface area (Å²) in [6, 6.07) is 3.06. The third-order valence-corrected chi connectivity index (χ3v) is 1.51. The number of carbonyl (C=O) groups is 1. The normalized spacial score (nSPS) is 8.93. The van der Waals surface area contributed by atoms with Crippen molar-refractivity contribution in [3.05, 3.63) is 29.6 Å². The fourth-order valence-electron chi connectivity index (χ4n) is 0.894. The van der Waals surface area contributed by atoms with E-state index >= 15 is 0 Å². The average molecular weight is 190 g/mol. The van der Waals surface area contributed by atoms with E-state index in [0.29, 0.717) is 12.2 Å². The van der Waals surface area contributed by atoms with Crippen molar-refractivity contribution in [3.63, 3.8) is 0 Å². The molecule has 0 unspecified atom stereocenters. The zero-order valence-corrected chi connectivity index (χ0v) is 7.74. The van der Waals surface area contributed by atoms with Gasteiger partial charge in [-0.1, -0.05) is 5.92 Å². The highest BCUT2D eigenvalue weighted by molar-refractivity contribution is 5.89. The quantitative estimate of drug-likeness (QED) is 0.660. The van der Waals surface area contributed by atoms with Gasteiger partial charge in [-0.2, -0.15) is 0 Å². The third kappa shape index (κ3) is 2.57. The summed E-state index contributed by atoms with van der Waals surface area (Å²) >= 11 is 0. The van der Waals surface area contributed by atoms with Crippen molar-refractivity contribution in [2.45, 2.75) is 0 Å². The summed E-state index contributed by atoms with van der Waals surface area (Å²) < 4.78 is 0. The molecule has 0 aliphatic heterocycles. The molecule has 0 aromatic carbocycles. The lowest BCUT2D eigenvalue weighted by molar-refractivity contribution is 0.0696. The molecule has 0 atom stereocenters. The highest BCUT2D eigenvalue weighted by Gasteiger charge is 2.07. The summed E-state index contributed by atoms with van der Waals surface area (Å²) in [6.45, 7) is 0.510. The van der Waals surface area contributed by atoms with Gasteiger partial charge in [0.05, 0.1) is 12.1 Å². The fourth-order valence-corrected chi connectivity index (χ4v) is 0.894. The van der Waals surface area contributed by atoms with Gasteiger partial charge in [0.2, 0.25) is 0 Å². The first-order chi connectivity index (χ1) is 6.75. The summed E-state index contributed by atoms with van der Waals surface area (Å²) in [5.74, 6) is 4.44. The van der Waals surface area contributed by atoms with Crippen molar-refractivity contribution in [1.82, 2.24) is 10.3 Å². The lowest BCUT2D eigenvalue weighted by atomic mass is 10.2. The molecular weight excluding hydrogens is 180 g/mol. The molecule has 0 aliphatic rings. The van der Waals surface area contributed by atoms with Crippen LogP contribution in [0.15, 0.2) is 18.3 Å². The van der Waals surface area contributed by atoms with Crippen LogP contribution in [0.2, 0.25) is 0 Å². The van der Waals surface area contributed by atoms with Crippen molar-refractivity contribution >= 4 is 5.97 Å². The van der Waals surface area contributed by atoms with Crippen LogP contribution in [0, 0.1) is 11.8 Å². The molecule has 1 aromatic heterocycles. The molecule has 72 valence electrons. The topological polar surface area (TPSA) is 62.2 Å². The minimum absolute atomic E-state index is 0.135. The lowest BCUT2D eigenvalue weighted by Crippen LogP contribution is -2.05. The number of carboxylic acids is 1. The molecule has 4 heteroatoms. The summed E-state index contributed by atoms with van der Waals surface area (Å²) in [4.78, 5) is 14.6. The minimum atomic E-state index is -1.01. The number of carboxylic acid groups (broad SMARTS) is 1. The van der Waals surface area contributed by atoms with Crippen LogP contribution in [-0.4, -0.2) is 29.7 Å². The van der Waals surface area contributed by atoms with E-state index in [1.807, 2.05) is 0 Å². The number of aromatic nitrogens is 1. The Morgan fingerprint density at radius 1 is 1.71 bits per heavy atom. The molecule has 14 heavy (non-hydrogen) atoms. The average Bonchev–Trinajstić information content (AvgIpc) is 2.19. The van der Waals surface area contributed by atoms with Crippen LogP contribution in [0.3, 0.4) is 0 Å². The molecule has 0 spiro atoms. The van der Waals surface area contributed by atoms with E-state index in [2.05, 4.69) is 22.1 Å². The number of pyridine rings is 1. The van der Waals surface area contributed by atoms with Crippen LogP contribution < -0.4 is 5.32 Å². The van der Waals surface area contributed by atoms with Crippen molar-refractivity contribution in [2.24, 2.45) is 0 Å². The lowest BCUT2D eigenvalue weighted by Gasteiger charge is -1.95. The van der Waals surface area contributed by atoms with Crippen LogP contribution in [-0.2, 0) is 0 Å². The minimum Gasteiger partial charge on any atom is -0.478 e. The first kappa shape index (κ1) is 10.2. The van der Waals surface area contributed by atoms with Crippen LogP contribution in [0.4, 0.5) is 0 Å². The van der Waals surface area contributed by atoms with Gasteiger partial charge in [0.15, 0.2) is 0 Å². The maximum absolute atomic E-state index is 10.7. The molecule has 1 heterocycles. The van der Waals surface area contributed by atoms with Crippen LogP contribution >= 0.6 is 0 Å². The predicted molar refractivity (Wildman–Crippen MR) is 52.0 cm³/mol. The van der Waals surface area contributed by atoms with Crippen molar-refractivity contribution < 1.29 is 9.90 Å². The number of nitrogens with one attached hydrogen (secondary N) is 1. The Hall–Kier alpha value is -1.86. The number of nitrogens with zero attached hydrogens (tertiary/aromatic N) is 1. The van der Waals surface area contributed by atoms with E-state index in [0.717, 1.165) is 0 Å². The Morgan fingerprint density at radius 2 is 2.50 bits per heavy atom. The van der Waals surface area contributed by atoms with Crippen molar-refractivity contribution in [3.8, 4) is 11.8 Å². The molecule has 0 radical (unpaired) electrons. The molecule has 0 amide bonds. The van der Waals surface area contributed by atoms with E-state index < -0.39 is 5.97 Å². The fraction of sp³-hybridized carbons (Fsp3) is 0.200. The molecule has 1 rings (SSSR count). The third-order valence-electron chi connectivity index (χ3n) is 1.51. The summed E-state index contributed by atoms with van der Waals surface area (Å²) in [6.07, 6.45) is 1.52. The Bertz CT molecular complexity index is 391. The SMILES string of the molecule is CNCC#Cc1ncccc1C(=O)O. The molecule has 2 N–H and O–H groups in total. The van der Waals surface area contributed by atoms with Gasteiger partial charge in [0, 0.05) is 6.20 Å². The molecule has 0 saturated heterocycles. The number of hydrogen-bond acceptors (Lipinski definition) is 3. The molecule has 1 aromatic rings. The summed E-state index contributed by atoms with van der Waals surface area (Å²) in [5, 5.41) is 11.6. The van der Waals surface area contributed by atoms with Crippen molar-refractivity contribution in [2.75, 3.05) is 13.6 Å². The van der Waals surface area contributed by atoms with Crippen LogP contribution in [0.25, 0.3) is 0 Å². The van der Waals surface area contributed by atoms with Gasteiger partial charge in [0.1, 0.15) is 5.69 Å². The molecule has 4 nitrogen and oxygen atoms in total. The number of rotatable bonds is 2. The highest BCUT2D eigenvalue weighted by Crippen LogP contribution is 2.02. The highest BCUT2D eigenvalue weighted by atomic mass is 16.4.